The summed E-state index contributed by atoms with van der Waals surface area (Å²) in [5, 5.41) is 3.08. The van der Waals surface area contributed by atoms with Crippen molar-refractivity contribution in [1.29, 1.82) is 0 Å². The van der Waals surface area contributed by atoms with Crippen molar-refractivity contribution in [2.24, 2.45) is 0 Å². The second-order valence-electron chi connectivity index (χ2n) is 6.20. The van der Waals surface area contributed by atoms with Crippen molar-refractivity contribution in [3.05, 3.63) is 53.4 Å². The van der Waals surface area contributed by atoms with Gasteiger partial charge in [0, 0.05) is 25.6 Å². The number of benzene rings is 1. The summed E-state index contributed by atoms with van der Waals surface area (Å²) in [5.74, 6) is 0.205. The molecule has 0 radical (unpaired) electrons. The first-order valence-corrected chi connectivity index (χ1v) is 9.57. The lowest BCUT2D eigenvalue weighted by Crippen LogP contribution is -2.37. The van der Waals surface area contributed by atoms with Crippen LogP contribution in [-0.2, 0) is 11.2 Å². The largest absolute Gasteiger partial charge is 0.304 e. The van der Waals surface area contributed by atoms with E-state index in [0.717, 1.165) is 30.9 Å². The maximum atomic E-state index is 12.2. The van der Waals surface area contributed by atoms with Gasteiger partial charge in [0.1, 0.15) is 0 Å². The molecule has 0 saturated carbocycles. The van der Waals surface area contributed by atoms with E-state index in [4.69, 9.17) is 0 Å². The van der Waals surface area contributed by atoms with Crippen LogP contribution in [0.15, 0.2) is 47.8 Å². The molecule has 5 heteroatoms. The molecule has 0 saturated heterocycles. The number of rotatable bonds is 9. The van der Waals surface area contributed by atoms with E-state index in [9.17, 15) is 4.79 Å². The maximum absolute atomic E-state index is 12.2. The van der Waals surface area contributed by atoms with Crippen LogP contribution in [0.4, 0.5) is 5.00 Å². The lowest BCUT2D eigenvalue weighted by molar-refractivity contribution is -0.118. The highest BCUT2D eigenvalue weighted by Crippen LogP contribution is 2.23. The van der Waals surface area contributed by atoms with Crippen LogP contribution in [0.5, 0.6) is 0 Å². The molecule has 0 bridgehead atoms. The fourth-order valence-corrected chi connectivity index (χ4v) is 3.45. The molecule has 0 N–H and O–H groups in total. The van der Waals surface area contributed by atoms with E-state index in [1.807, 2.05) is 29.3 Å². The number of likely N-dealkylation sites (N-methyl/N-ethyl adjacent to an activating group) is 1. The van der Waals surface area contributed by atoms with Crippen molar-refractivity contribution >= 4 is 34.7 Å². The highest BCUT2D eigenvalue weighted by atomic mass is 35.5. The molecule has 1 heterocycles. The Bertz CT molecular complexity index is 603. The highest BCUT2D eigenvalue weighted by Gasteiger charge is 2.17. The monoisotopic (exact) mass is 380 g/mol. The van der Waals surface area contributed by atoms with E-state index < -0.39 is 0 Å². The van der Waals surface area contributed by atoms with Gasteiger partial charge in [0.15, 0.2) is 0 Å². The van der Waals surface area contributed by atoms with Crippen molar-refractivity contribution in [3.8, 4) is 0 Å². The molecule has 1 amide bonds. The molecule has 3 nitrogen and oxygen atoms in total. The van der Waals surface area contributed by atoms with Crippen molar-refractivity contribution < 1.29 is 4.79 Å². The molecule has 0 aliphatic rings. The van der Waals surface area contributed by atoms with Gasteiger partial charge in [0.2, 0.25) is 5.91 Å². The molecule has 0 aliphatic carbocycles. The van der Waals surface area contributed by atoms with Crippen molar-refractivity contribution in [2.75, 3.05) is 25.0 Å². The Morgan fingerprint density at radius 1 is 1.12 bits per heavy atom. The van der Waals surface area contributed by atoms with Gasteiger partial charge in [0.05, 0.1) is 5.00 Å². The summed E-state index contributed by atoms with van der Waals surface area (Å²) in [6, 6.07) is 15.1. The summed E-state index contributed by atoms with van der Waals surface area (Å²) < 4.78 is 0. The number of amides is 1. The number of hydrogen-bond acceptors (Lipinski definition) is 3. The van der Waals surface area contributed by atoms with Crippen molar-refractivity contribution in [1.82, 2.24) is 4.90 Å². The number of thiophene rings is 1. The minimum atomic E-state index is 0. The van der Waals surface area contributed by atoms with Crippen LogP contribution >= 0.6 is 23.7 Å². The molecule has 1 unspecified atom stereocenters. The molecule has 1 atom stereocenters. The van der Waals surface area contributed by atoms with E-state index in [2.05, 4.69) is 49.2 Å². The molecular weight excluding hydrogens is 352 g/mol. The molecule has 138 valence electrons. The molecule has 1 aromatic heterocycles. The third-order valence-corrected chi connectivity index (χ3v) is 5.39. The Morgan fingerprint density at radius 3 is 2.44 bits per heavy atom. The summed E-state index contributed by atoms with van der Waals surface area (Å²) in [7, 11) is 2.17. The van der Waals surface area contributed by atoms with E-state index >= 15 is 0 Å². The van der Waals surface area contributed by atoms with Gasteiger partial charge in [0.25, 0.3) is 0 Å². The molecular formula is C20H29ClN2OS. The van der Waals surface area contributed by atoms with Crippen LogP contribution in [0.2, 0.25) is 0 Å². The fraction of sp³-hybridized carbons (Fsp3) is 0.450. The Hall–Kier alpha value is -1.36. The number of nitrogens with zero attached hydrogens (tertiary/aromatic N) is 2. The standard InChI is InChI=1S/C20H28N2OS.ClH/c1-4-19(23)22(20-11-8-16-24-20)15-12-17(2)21(3)14-13-18-9-6-5-7-10-18;/h5-11,16-17H,4,12-15H2,1-3H3;1H. The fourth-order valence-electron chi connectivity index (χ4n) is 2.68. The van der Waals surface area contributed by atoms with Gasteiger partial charge in [-0.1, -0.05) is 37.3 Å². The normalized spacial score (nSPS) is 11.8. The van der Waals surface area contributed by atoms with E-state index in [1.165, 1.54) is 5.56 Å². The number of carbonyl (C=O) groups is 1. The number of carbonyl (C=O) groups excluding carboxylic acids is 1. The van der Waals surface area contributed by atoms with E-state index in [-0.39, 0.29) is 18.3 Å². The third-order valence-electron chi connectivity index (χ3n) is 4.49. The van der Waals surface area contributed by atoms with Crippen molar-refractivity contribution in [2.45, 2.75) is 39.2 Å². The van der Waals surface area contributed by atoms with Gasteiger partial charge in [-0.15, -0.1) is 23.7 Å². The van der Waals surface area contributed by atoms with Crippen LogP contribution in [0, 0.1) is 0 Å². The van der Waals surface area contributed by atoms with Crippen LogP contribution in [-0.4, -0.2) is 37.0 Å². The Balaban J connectivity index is 0.00000312. The van der Waals surface area contributed by atoms with Crippen LogP contribution < -0.4 is 4.90 Å². The lowest BCUT2D eigenvalue weighted by Gasteiger charge is -2.28. The van der Waals surface area contributed by atoms with Gasteiger partial charge in [-0.3, -0.25) is 4.79 Å². The first-order chi connectivity index (χ1) is 11.6. The van der Waals surface area contributed by atoms with Gasteiger partial charge >= 0.3 is 0 Å². The number of halogens is 1. The van der Waals surface area contributed by atoms with Crippen LogP contribution in [0.1, 0.15) is 32.3 Å². The summed E-state index contributed by atoms with van der Waals surface area (Å²) in [6.07, 6.45) is 2.59. The first-order valence-electron chi connectivity index (χ1n) is 8.69. The zero-order valence-electron chi connectivity index (χ0n) is 15.4. The van der Waals surface area contributed by atoms with Gasteiger partial charge in [-0.05, 0) is 49.9 Å². The predicted molar refractivity (Wildman–Crippen MR) is 111 cm³/mol. The average Bonchev–Trinajstić information content (AvgIpc) is 3.14. The van der Waals surface area contributed by atoms with Gasteiger partial charge in [-0.25, -0.2) is 0 Å². The Kier molecular flexibility index (Phi) is 9.79. The Morgan fingerprint density at radius 2 is 1.84 bits per heavy atom. The number of anilines is 1. The zero-order valence-corrected chi connectivity index (χ0v) is 17.0. The van der Waals surface area contributed by atoms with Gasteiger partial charge < -0.3 is 9.80 Å². The average molecular weight is 381 g/mol. The second kappa shape index (κ2) is 11.3. The first kappa shape index (κ1) is 21.7. The minimum absolute atomic E-state index is 0. The predicted octanol–water partition coefficient (Wildman–Crippen LogP) is 4.87. The quantitative estimate of drug-likeness (QED) is 0.619. The van der Waals surface area contributed by atoms with Gasteiger partial charge in [-0.2, -0.15) is 0 Å². The molecule has 0 spiro atoms. The maximum Gasteiger partial charge on any atom is 0.227 e. The lowest BCUT2D eigenvalue weighted by atomic mass is 10.1. The van der Waals surface area contributed by atoms with E-state index in [1.54, 1.807) is 11.3 Å². The summed E-state index contributed by atoms with van der Waals surface area (Å²) in [4.78, 5) is 16.5. The molecule has 0 fully saturated rings. The summed E-state index contributed by atoms with van der Waals surface area (Å²) in [6.45, 7) is 5.99. The molecule has 0 aliphatic heterocycles. The molecule has 1 aromatic carbocycles. The second-order valence-corrected chi connectivity index (χ2v) is 7.13. The van der Waals surface area contributed by atoms with Crippen LogP contribution in [0.3, 0.4) is 0 Å². The van der Waals surface area contributed by atoms with E-state index in [0.29, 0.717) is 12.5 Å². The molecule has 2 rings (SSSR count). The smallest absolute Gasteiger partial charge is 0.227 e. The third kappa shape index (κ3) is 6.81. The topological polar surface area (TPSA) is 23.6 Å². The highest BCUT2D eigenvalue weighted by molar-refractivity contribution is 7.14. The molecule has 25 heavy (non-hydrogen) atoms. The summed E-state index contributed by atoms with van der Waals surface area (Å²) >= 11 is 1.63. The Labute approximate surface area is 162 Å². The SMILES string of the molecule is CCC(=O)N(CCC(C)N(C)CCc1ccccc1)c1cccs1.Cl. The summed E-state index contributed by atoms with van der Waals surface area (Å²) in [5.41, 5.74) is 1.37. The molecule has 2 aromatic rings. The minimum Gasteiger partial charge on any atom is -0.304 e. The van der Waals surface area contributed by atoms with Crippen molar-refractivity contribution in [3.63, 3.8) is 0 Å². The number of hydrogen-bond donors (Lipinski definition) is 0. The zero-order chi connectivity index (χ0) is 17.4. The van der Waals surface area contributed by atoms with Crippen LogP contribution in [0.25, 0.3) is 0 Å².